The number of aromatic nitrogens is 2. The molecular formula is C22H25N7O2. The second-order valence-corrected chi connectivity index (χ2v) is 8.67. The van der Waals surface area contributed by atoms with Crippen molar-refractivity contribution in [2.45, 2.75) is 25.3 Å². The van der Waals surface area contributed by atoms with Crippen molar-refractivity contribution in [1.82, 2.24) is 9.97 Å². The molecule has 9 nitrogen and oxygen atoms in total. The summed E-state index contributed by atoms with van der Waals surface area (Å²) in [6.07, 6.45) is 6.37. The number of nitrogens with two attached hydrogens (primary N) is 2. The van der Waals surface area contributed by atoms with Crippen LogP contribution in [-0.4, -0.2) is 44.5 Å². The molecule has 0 aromatic carbocycles. The SMILES string of the molecule is N=C(C(N)=NC(=N[C@H]1[C@@H]2CC[C@@H]([C@@H]3C[C@@H]32)[C@@H]1C(=O)O)c1ccc[nH]1)c1cccnc1N. The van der Waals surface area contributed by atoms with E-state index in [1.807, 2.05) is 12.1 Å². The lowest BCUT2D eigenvalue weighted by Crippen LogP contribution is -2.48. The first-order chi connectivity index (χ1) is 15.0. The first-order valence-electron chi connectivity index (χ1n) is 10.5. The topological polar surface area (TPSA) is 167 Å². The highest BCUT2D eigenvalue weighted by atomic mass is 16.4. The Hall–Kier alpha value is -3.49. The summed E-state index contributed by atoms with van der Waals surface area (Å²) >= 11 is 0. The summed E-state index contributed by atoms with van der Waals surface area (Å²) in [5.74, 6) is 0.718. The number of H-pyrrole nitrogens is 1. The molecule has 6 atom stereocenters. The molecule has 4 aliphatic rings. The Morgan fingerprint density at radius 1 is 1.19 bits per heavy atom. The molecule has 0 saturated heterocycles. The van der Waals surface area contributed by atoms with Crippen molar-refractivity contribution in [1.29, 1.82) is 5.41 Å². The van der Waals surface area contributed by atoms with Crippen LogP contribution >= 0.6 is 0 Å². The number of aliphatic carboxylic acids is 1. The van der Waals surface area contributed by atoms with Gasteiger partial charge in [0.2, 0.25) is 0 Å². The fourth-order valence-electron chi connectivity index (χ4n) is 5.63. The van der Waals surface area contributed by atoms with E-state index in [2.05, 4.69) is 15.0 Å². The molecule has 0 spiro atoms. The Balaban J connectivity index is 1.53. The number of aliphatic imine (C=N–C) groups is 2. The van der Waals surface area contributed by atoms with Crippen LogP contribution in [0.1, 0.15) is 30.5 Å². The smallest absolute Gasteiger partial charge is 0.308 e. The van der Waals surface area contributed by atoms with Crippen molar-refractivity contribution in [2.24, 2.45) is 45.3 Å². The zero-order chi connectivity index (χ0) is 21.7. The Morgan fingerprint density at radius 3 is 2.68 bits per heavy atom. The number of fused-ring (bicyclic) bond motifs is 2. The summed E-state index contributed by atoms with van der Waals surface area (Å²) in [7, 11) is 0. The van der Waals surface area contributed by atoms with Crippen LogP contribution in [-0.2, 0) is 4.79 Å². The number of carboxylic acid groups (broad SMARTS) is 1. The van der Waals surface area contributed by atoms with Crippen LogP contribution in [0.5, 0.6) is 0 Å². The van der Waals surface area contributed by atoms with Crippen molar-refractivity contribution < 1.29 is 9.90 Å². The lowest BCUT2D eigenvalue weighted by Gasteiger charge is -2.44. The first-order valence-corrected chi connectivity index (χ1v) is 10.5. The highest BCUT2D eigenvalue weighted by molar-refractivity contribution is 6.48. The van der Waals surface area contributed by atoms with Crippen LogP contribution < -0.4 is 11.5 Å². The first kappa shape index (κ1) is 19.5. The maximum atomic E-state index is 12.1. The van der Waals surface area contributed by atoms with Gasteiger partial charge in [-0.05, 0) is 67.2 Å². The molecule has 9 heteroatoms. The molecule has 2 aromatic rings. The molecule has 2 bridgehead atoms. The van der Waals surface area contributed by atoms with Crippen LogP contribution in [0.2, 0.25) is 0 Å². The standard InChI is InChI=1S/C22H25N7O2/c23-17(12-3-1-8-27-19(12)24)20(25)29-21(15-4-2-7-26-15)28-18-11-6-5-10(13-9-14(11)13)16(18)22(30)31/h1-4,7-8,10-11,13-14,16,18,23,26H,5-6,9H2,(H2,24,27)(H,30,31)(H2,25,28,29)/t10-,11+,13-,14+,16-,18-/m0/s1. The number of nitrogens with one attached hydrogen (secondary N) is 2. The monoisotopic (exact) mass is 419 g/mol. The van der Waals surface area contributed by atoms with E-state index in [0.29, 0.717) is 28.9 Å². The van der Waals surface area contributed by atoms with Crippen LogP contribution in [0.15, 0.2) is 46.6 Å². The molecular weight excluding hydrogens is 394 g/mol. The average Bonchev–Trinajstić information content (AvgIpc) is 3.41. The van der Waals surface area contributed by atoms with Gasteiger partial charge in [-0.15, -0.1) is 0 Å². The molecule has 160 valence electrons. The van der Waals surface area contributed by atoms with Crippen LogP contribution in [0.3, 0.4) is 0 Å². The van der Waals surface area contributed by atoms with E-state index in [-0.39, 0.29) is 35.2 Å². The van der Waals surface area contributed by atoms with E-state index < -0.39 is 11.9 Å². The average molecular weight is 419 g/mol. The molecule has 4 aliphatic carbocycles. The molecule has 0 amide bonds. The third-order valence-corrected chi connectivity index (χ3v) is 7.08. The fraction of sp³-hybridized carbons (Fsp3) is 0.409. The number of carbonyl (C=O) groups is 1. The van der Waals surface area contributed by atoms with Gasteiger partial charge in [0, 0.05) is 18.0 Å². The van der Waals surface area contributed by atoms with Gasteiger partial charge in [-0.25, -0.2) is 9.98 Å². The van der Waals surface area contributed by atoms with Gasteiger partial charge in [-0.1, -0.05) is 0 Å². The Labute approximate surface area is 179 Å². The lowest BCUT2D eigenvalue weighted by molar-refractivity contribution is -0.149. The van der Waals surface area contributed by atoms with Crippen molar-refractivity contribution in [3.8, 4) is 0 Å². The van der Waals surface area contributed by atoms with Gasteiger partial charge in [0.1, 0.15) is 11.5 Å². The number of carboxylic acids is 1. The van der Waals surface area contributed by atoms with Crippen molar-refractivity contribution in [3.05, 3.63) is 47.9 Å². The number of amidine groups is 2. The lowest BCUT2D eigenvalue weighted by atomic mass is 9.62. The summed E-state index contributed by atoms with van der Waals surface area (Å²) in [6.45, 7) is 0. The van der Waals surface area contributed by atoms with Crippen molar-refractivity contribution in [3.63, 3.8) is 0 Å². The molecule has 4 saturated carbocycles. The zero-order valence-corrected chi connectivity index (χ0v) is 16.9. The number of pyridine rings is 1. The molecule has 4 fully saturated rings. The maximum Gasteiger partial charge on any atom is 0.308 e. The van der Waals surface area contributed by atoms with Crippen LogP contribution in [0.25, 0.3) is 0 Å². The summed E-state index contributed by atoms with van der Waals surface area (Å²) in [5.41, 5.74) is 13.0. The normalized spacial score (nSPS) is 31.9. The Kier molecular flexibility index (Phi) is 4.60. The summed E-state index contributed by atoms with van der Waals surface area (Å²) in [6, 6.07) is 6.63. The highest BCUT2D eigenvalue weighted by Gasteiger charge is 2.63. The van der Waals surface area contributed by atoms with Crippen molar-refractivity contribution >= 4 is 29.2 Å². The molecule has 2 aromatic heterocycles. The Morgan fingerprint density at radius 2 is 1.97 bits per heavy atom. The molecule has 6 rings (SSSR count). The van der Waals surface area contributed by atoms with Gasteiger partial charge in [0.05, 0.1) is 17.7 Å². The van der Waals surface area contributed by atoms with Crippen molar-refractivity contribution in [2.75, 3.05) is 5.73 Å². The predicted molar refractivity (Wildman–Crippen MR) is 117 cm³/mol. The van der Waals surface area contributed by atoms with Gasteiger partial charge in [-0.2, -0.15) is 0 Å². The molecule has 0 unspecified atom stereocenters. The number of hydrogen-bond acceptors (Lipinski definition) is 5. The quantitative estimate of drug-likeness (QED) is 0.368. The van der Waals surface area contributed by atoms with Gasteiger partial charge in [0.25, 0.3) is 0 Å². The molecule has 7 N–H and O–H groups in total. The second kappa shape index (κ2) is 7.33. The van der Waals surface area contributed by atoms with Gasteiger partial charge in [-0.3, -0.25) is 15.2 Å². The highest BCUT2D eigenvalue weighted by Crippen LogP contribution is 2.64. The number of nitrogens with zero attached hydrogens (tertiary/aromatic N) is 3. The zero-order valence-electron chi connectivity index (χ0n) is 16.9. The second-order valence-electron chi connectivity index (χ2n) is 8.67. The maximum absolute atomic E-state index is 12.1. The largest absolute Gasteiger partial charge is 0.481 e. The van der Waals surface area contributed by atoms with Gasteiger partial charge in [0.15, 0.2) is 11.7 Å². The minimum Gasteiger partial charge on any atom is -0.481 e. The Bertz CT molecular complexity index is 1090. The van der Waals surface area contributed by atoms with Gasteiger partial charge < -0.3 is 21.6 Å². The van der Waals surface area contributed by atoms with Crippen LogP contribution in [0.4, 0.5) is 5.82 Å². The summed E-state index contributed by atoms with van der Waals surface area (Å²) in [5, 5.41) is 18.4. The third-order valence-electron chi connectivity index (χ3n) is 7.08. The summed E-state index contributed by atoms with van der Waals surface area (Å²) < 4.78 is 0. The predicted octanol–water partition coefficient (Wildman–Crippen LogP) is 1.91. The van der Waals surface area contributed by atoms with E-state index in [4.69, 9.17) is 21.9 Å². The number of hydrogen-bond donors (Lipinski definition) is 5. The summed E-state index contributed by atoms with van der Waals surface area (Å²) in [4.78, 5) is 28.6. The van der Waals surface area contributed by atoms with E-state index in [1.165, 1.54) is 0 Å². The minimum absolute atomic E-state index is 0.0490. The third kappa shape index (κ3) is 3.30. The minimum atomic E-state index is -0.785. The van der Waals surface area contributed by atoms with Crippen LogP contribution in [0, 0.1) is 35.0 Å². The molecule has 2 heterocycles. The number of rotatable bonds is 5. The van der Waals surface area contributed by atoms with E-state index in [9.17, 15) is 9.90 Å². The number of aromatic amines is 1. The van der Waals surface area contributed by atoms with E-state index in [1.54, 1.807) is 24.5 Å². The van der Waals surface area contributed by atoms with Gasteiger partial charge >= 0.3 is 5.97 Å². The van der Waals surface area contributed by atoms with E-state index in [0.717, 1.165) is 19.3 Å². The van der Waals surface area contributed by atoms with E-state index >= 15 is 0 Å². The number of nitrogen functional groups attached to an aromatic ring is 1. The fourth-order valence-corrected chi connectivity index (χ4v) is 5.63. The number of anilines is 1. The molecule has 0 aliphatic heterocycles. The molecule has 0 radical (unpaired) electrons. The molecule has 31 heavy (non-hydrogen) atoms.